The summed E-state index contributed by atoms with van der Waals surface area (Å²) >= 11 is 1.31. The van der Waals surface area contributed by atoms with Gasteiger partial charge in [0.05, 0.1) is 30.9 Å². The van der Waals surface area contributed by atoms with Crippen LogP contribution in [0.4, 0.5) is 5.82 Å². The number of nitrogen functional groups attached to an aromatic ring is 1. The van der Waals surface area contributed by atoms with E-state index in [4.69, 9.17) is 10.5 Å². The Balaban J connectivity index is 1.60. The van der Waals surface area contributed by atoms with Gasteiger partial charge in [-0.05, 0) is 19.8 Å². The van der Waals surface area contributed by atoms with Gasteiger partial charge in [0.2, 0.25) is 0 Å². The molecular formula is C19H26N6O5S. The molecule has 1 saturated heterocycles. The highest BCUT2D eigenvalue weighted by Gasteiger charge is 2.26. The van der Waals surface area contributed by atoms with E-state index in [9.17, 15) is 19.2 Å². The number of piperidine rings is 1. The van der Waals surface area contributed by atoms with Crippen molar-refractivity contribution in [1.29, 1.82) is 0 Å². The van der Waals surface area contributed by atoms with Crippen LogP contribution in [0.5, 0.6) is 0 Å². The smallest absolute Gasteiger partial charge is 0.330 e. The zero-order valence-corrected chi connectivity index (χ0v) is 18.3. The minimum Gasteiger partial charge on any atom is -0.384 e. The highest BCUT2D eigenvalue weighted by Crippen LogP contribution is 2.16. The number of ether oxygens (including phenoxy) is 1. The molecule has 31 heavy (non-hydrogen) atoms. The summed E-state index contributed by atoms with van der Waals surface area (Å²) in [4.78, 5) is 58.1. The van der Waals surface area contributed by atoms with Gasteiger partial charge >= 0.3 is 5.69 Å². The SMILES string of the molecule is COCCn1c(N)c(C(=O)CN2CCC(NC(=O)c3scnc3C)CC2)c(=O)[nH]c1=O. The number of hydrogen-bond acceptors (Lipinski definition) is 9. The second-order valence-corrected chi connectivity index (χ2v) is 8.23. The third-order valence-corrected chi connectivity index (χ3v) is 6.21. The van der Waals surface area contributed by atoms with Crippen LogP contribution in [-0.4, -0.2) is 70.5 Å². The molecule has 0 bridgehead atoms. The number of hydrogen-bond donors (Lipinski definition) is 3. The van der Waals surface area contributed by atoms with Crippen molar-refractivity contribution in [2.45, 2.75) is 32.4 Å². The molecule has 2 aromatic heterocycles. The molecular weight excluding hydrogens is 424 g/mol. The Labute approximate surface area is 182 Å². The minimum absolute atomic E-state index is 0.00435. The van der Waals surface area contributed by atoms with Gasteiger partial charge in [-0.1, -0.05) is 0 Å². The van der Waals surface area contributed by atoms with Gasteiger partial charge in [0.1, 0.15) is 16.3 Å². The molecule has 0 atom stereocenters. The number of thiazole rings is 1. The average molecular weight is 451 g/mol. The maximum absolute atomic E-state index is 12.8. The predicted octanol–water partition coefficient (Wildman–Crippen LogP) is -0.393. The molecule has 0 radical (unpaired) electrons. The number of carbonyl (C=O) groups is 2. The van der Waals surface area contributed by atoms with Crippen molar-refractivity contribution >= 4 is 28.8 Å². The first kappa shape index (κ1) is 22.8. The topological polar surface area (TPSA) is 152 Å². The Morgan fingerprint density at radius 3 is 2.68 bits per heavy atom. The minimum atomic E-state index is -0.789. The summed E-state index contributed by atoms with van der Waals surface area (Å²) in [7, 11) is 1.48. The summed E-state index contributed by atoms with van der Waals surface area (Å²) in [5.74, 6) is -0.738. The van der Waals surface area contributed by atoms with Gasteiger partial charge in [-0.25, -0.2) is 9.78 Å². The van der Waals surface area contributed by atoms with E-state index in [1.807, 2.05) is 4.90 Å². The summed E-state index contributed by atoms with van der Waals surface area (Å²) in [6.07, 6.45) is 1.35. The number of amides is 1. The van der Waals surface area contributed by atoms with Crippen molar-refractivity contribution in [2.75, 3.05) is 39.1 Å². The van der Waals surface area contributed by atoms with Crippen molar-refractivity contribution in [3.05, 3.63) is 42.5 Å². The first-order chi connectivity index (χ1) is 14.8. The van der Waals surface area contributed by atoms with E-state index in [0.717, 1.165) is 4.57 Å². The Hall–Kier alpha value is -2.83. The number of H-pyrrole nitrogens is 1. The molecule has 3 heterocycles. The molecule has 1 aliphatic heterocycles. The number of anilines is 1. The lowest BCUT2D eigenvalue weighted by atomic mass is 10.0. The zero-order chi connectivity index (χ0) is 22.5. The Bertz CT molecular complexity index is 1070. The third-order valence-electron chi connectivity index (χ3n) is 5.28. The number of nitrogens with one attached hydrogen (secondary N) is 2. The normalized spacial score (nSPS) is 15.2. The molecule has 0 saturated carbocycles. The average Bonchev–Trinajstić information content (AvgIpc) is 3.15. The van der Waals surface area contributed by atoms with Crippen LogP contribution >= 0.6 is 11.3 Å². The summed E-state index contributed by atoms with van der Waals surface area (Å²) in [5, 5.41) is 3.01. The van der Waals surface area contributed by atoms with E-state index in [-0.39, 0.29) is 43.0 Å². The molecule has 168 valence electrons. The van der Waals surface area contributed by atoms with Gasteiger partial charge < -0.3 is 15.8 Å². The molecule has 2 aromatic rings. The Morgan fingerprint density at radius 1 is 1.35 bits per heavy atom. The van der Waals surface area contributed by atoms with Crippen LogP contribution in [0.1, 0.15) is 38.6 Å². The summed E-state index contributed by atoms with van der Waals surface area (Å²) < 4.78 is 6.07. The number of rotatable bonds is 8. The summed E-state index contributed by atoms with van der Waals surface area (Å²) in [5.41, 5.74) is 6.63. The maximum Gasteiger partial charge on any atom is 0.330 e. The molecule has 0 unspecified atom stereocenters. The number of nitrogens with zero attached hydrogens (tertiary/aromatic N) is 3. The number of Topliss-reactive ketones (excluding diaryl/α,β-unsaturated/α-hetero) is 1. The molecule has 1 amide bonds. The number of methoxy groups -OCH3 is 1. The number of nitrogens with two attached hydrogens (primary N) is 1. The fraction of sp³-hybridized carbons (Fsp3) is 0.526. The molecule has 3 rings (SSSR count). The zero-order valence-electron chi connectivity index (χ0n) is 17.5. The predicted molar refractivity (Wildman–Crippen MR) is 116 cm³/mol. The van der Waals surface area contributed by atoms with Crippen molar-refractivity contribution in [3.8, 4) is 0 Å². The second kappa shape index (κ2) is 9.98. The Morgan fingerprint density at radius 2 is 2.06 bits per heavy atom. The third kappa shape index (κ3) is 5.27. The van der Waals surface area contributed by atoms with E-state index in [0.29, 0.717) is 36.5 Å². The second-order valence-electron chi connectivity index (χ2n) is 7.38. The van der Waals surface area contributed by atoms with Gasteiger partial charge in [-0.15, -0.1) is 11.3 Å². The van der Waals surface area contributed by atoms with E-state index >= 15 is 0 Å². The lowest BCUT2D eigenvalue weighted by Gasteiger charge is -2.31. The molecule has 1 aliphatic rings. The lowest BCUT2D eigenvalue weighted by molar-refractivity contribution is 0.0859. The number of aromatic amines is 1. The number of likely N-dealkylation sites (tertiary alicyclic amines) is 1. The number of ketones is 1. The molecule has 12 heteroatoms. The van der Waals surface area contributed by atoms with E-state index in [2.05, 4.69) is 15.3 Å². The largest absolute Gasteiger partial charge is 0.384 e. The van der Waals surface area contributed by atoms with Gasteiger partial charge in [0, 0.05) is 26.2 Å². The number of carbonyl (C=O) groups excluding carboxylic acids is 2. The van der Waals surface area contributed by atoms with Crippen LogP contribution in [-0.2, 0) is 11.3 Å². The standard InChI is InChI=1S/C19H26N6O5S/c1-11-15(31-10-21-11)18(28)22-12-3-5-24(6-4-12)9-13(26)14-16(20)25(7-8-30-2)19(29)23-17(14)27/h10,12H,3-9,20H2,1-2H3,(H,22,28)(H,23,27,29). The van der Waals surface area contributed by atoms with Gasteiger partial charge in [-0.3, -0.25) is 28.8 Å². The van der Waals surface area contributed by atoms with E-state index in [1.54, 1.807) is 12.4 Å². The first-order valence-corrected chi connectivity index (χ1v) is 10.8. The van der Waals surface area contributed by atoms with Crippen LogP contribution in [0.15, 0.2) is 15.1 Å². The lowest BCUT2D eigenvalue weighted by Crippen LogP contribution is -2.46. The van der Waals surface area contributed by atoms with Crippen LogP contribution in [0, 0.1) is 6.92 Å². The van der Waals surface area contributed by atoms with Crippen LogP contribution in [0.2, 0.25) is 0 Å². The fourth-order valence-electron chi connectivity index (χ4n) is 3.55. The molecule has 0 aromatic carbocycles. The number of aromatic nitrogens is 3. The molecule has 4 N–H and O–H groups in total. The maximum atomic E-state index is 12.8. The van der Waals surface area contributed by atoms with Crippen LogP contribution in [0.3, 0.4) is 0 Å². The highest BCUT2D eigenvalue weighted by atomic mass is 32.1. The molecule has 11 nitrogen and oxygen atoms in total. The highest BCUT2D eigenvalue weighted by molar-refractivity contribution is 7.11. The fourth-order valence-corrected chi connectivity index (χ4v) is 4.26. The van der Waals surface area contributed by atoms with Crippen molar-refractivity contribution in [2.24, 2.45) is 0 Å². The van der Waals surface area contributed by atoms with Crippen molar-refractivity contribution in [1.82, 2.24) is 24.8 Å². The van der Waals surface area contributed by atoms with E-state index < -0.39 is 17.0 Å². The molecule has 1 fully saturated rings. The molecule has 0 spiro atoms. The van der Waals surface area contributed by atoms with Crippen molar-refractivity contribution in [3.63, 3.8) is 0 Å². The monoisotopic (exact) mass is 450 g/mol. The van der Waals surface area contributed by atoms with Gasteiger partial charge in [0.25, 0.3) is 11.5 Å². The van der Waals surface area contributed by atoms with Gasteiger partial charge in [-0.2, -0.15) is 0 Å². The first-order valence-electron chi connectivity index (χ1n) is 9.89. The number of aryl methyl sites for hydroxylation is 1. The van der Waals surface area contributed by atoms with Crippen molar-refractivity contribution < 1.29 is 14.3 Å². The van der Waals surface area contributed by atoms with Crippen LogP contribution < -0.4 is 22.3 Å². The molecule has 0 aliphatic carbocycles. The quantitative estimate of drug-likeness (QED) is 0.460. The van der Waals surface area contributed by atoms with Crippen LogP contribution in [0.25, 0.3) is 0 Å². The van der Waals surface area contributed by atoms with E-state index in [1.165, 1.54) is 18.4 Å². The van der Waals surface area contributed by atoms with Gasteiger partial charge in [0.15, 0.2) is 5.78 Å². The summed E-state index contributed by atoms with van der Waals surface area (Å²) in [6.45, 7) is 3.31. The Kier molecular flexibility index (Phi) is 7.36. The summed E-state index contributed by atoms with van der Waals surface area (Å²) in [6, 6.07) is 0.00442.